The zero-order valence-corrected chi connectivity index (χ0v) is 8.11. The maximum Gasteiger partial charge on any atom is 0.244 e. The van der Waals surface area contributed by atoms with Gasteiger partial charge < -0.3 is 5.32 Å². The van der Waals surface area contributed by atoms with Crippen molar-refractivity contribution in [3.8, 4) is 6.07 Å². The molecule has 0 radical (unpaired) electrons. The topological polar surface area (TPSA) is 65.8 Å². The molecule has 1 aromatic rings. The van der Waals surface area contributed by atoms with Crippen molar-refractivity contribution in [1.29, 1.82) is 5.26 Å². The summed E-state index contributed by atoms with van der Waals surface area (Å²) in [7, 11) is 0. The van der Waals surface area contributed by atoms with Gasteiger partial charge in [-0.1, -0.05) is 0 Å². The first-order valence-corrected chi connectivity index (χ1v) is 4.19. The lowest BCUT2D eigenvalue weighted by Crippen LogP contribution is -2.29. The van der Waals surface area contributed by atoms with Crippen LogP contribution in [0.5, 0.6) is 0 Å². The van der Waals surface area contributed by atoms with Crippen molar-refractivity contribution < 1.29 is 4.79 Å². The number of hydrogen-bond donors (Lipinski definition) is 1. The standard InChI is InChI=1S/C10H11N3O/c1-10(2,7-11)9(14)13-8-3-5-12-6-4-8/h3-6H,1-2H3,(H,12,13,14). The minimum Gasteiger partial charge on any atom is -0.325 e. The fourth-order valence-electron chi connectivity index (χ4n) is 0.773. The van der Waals surface area contributed by atoms with Gasteiger partial charge >= 0.3 is 0 Å². The molecule has 0 aliphatic carbocycles. The van der Waals surface area contributed by atoms with E-state index >= 15 is 0 Å². The summed E-state index contributed by atoms with van der Waals surface area (Å²) in [5, 5.41) is 11.4. The number of amides is 1. The maximum absolute atomic E-state index is 11.5. The summed E-state index contributed by atoms with van der Waals surface area (Å²) in [6.07, 6.45) is 3.16. The van der Waals surface area contributed by atoms with Crippen LogP contribution in [0, 0.1) is 16.7 Å². The van der Waals surface area contributed by atoms with Gasteiger partial charge in [0.25, 0.3) is 0 Å². The van der Waals surface area contributed by atoms with Crippen molar-refractivity contribution in [3.63, 3.8) is 0 Å². The van der Waals surface area contributed by atoms with Gasteiger partial charge in [0, 0.05) is 18.1 Å². The van der Waals surface area contributed by atoms with Crippen LogP contribution in [0.15, 0.2) is 24.5 Å². The van der Waals surface area contributed by atoms with Crippen LogP contribution >= 0.6 is 0 Å². The van der Waals surface area contributed by atoms with E-state index < -0.39 is 5.41 Å². The molecule has 4 nitrogen and oxygen atoms in total. The Bertz CT molecular complexity index is 365. The second-order valence-corrected chi connectivity index (χ2v) is 3.43. The summed E-state index contributed by atoms with van der Waals surface area (Å²) < 4.78 is 0. The van der Waals surface area contributed by atoms with Crippen LogP contribution in [0.1, 0.15) is 13.8 Å². The Morgan fingerprint density at radius 1 is 1.50 bits per heavy atom. The SMILES string of the molecule is CC(C)(C#N)C(=O)Nc1ccncc1. The van der Waals surface area contributed by atoms with Gasteiger partial charge in [0.15, 0.2) is 0 Å². The smallest absolute Gasteiger partial charge is 0.244 e. The maximum atomic E-state index is 11.5. The molecule has 1 heterocycles. The monoisotopic (exact) mass is 189 g/mol. The molecule has 14 heavy (non-hydrogen) atoms. The number of pyridine rings is 1. The Morgan fingerprint density at radius 2 is 2.07 bits per heavy atom. The number of aromatic nitrogens is 1. The first-order chi connectivity index (χ1) is 6.56. The van der Waals surface area contributed by atoms with Crippen LogP contribution in [0.2, 0.25) is 0 Å². The van der Waals surface area contributed by atoms with Crippen LogP contribution < -0.4 is 5.32 Å². The molecular formula is C10H11N3O. The van der Waals surface area contributed by atoms with E-state index in [0.717, 1.165) is 0 Å². The van der Waals surface area contributed by atoms with Gasteiger partial charge in [-0.3, -0.25) is 9.78 Å². The third kappa shape index (κ3) is 2.30. The molecule has 0 saturated carbocycles. The molecule has 0 unspecified atom stereocenters. The van der Waals surface area contributed by atoms with Crippen molar-refractivity contribution in [2.45, 2.75) is 13.8 Å². The highest BCUT2D eigenvalue weighted by atomic mass is 16.2. The predicted molar refractivity (Wildman–Crippen MR) is 52.3 cm³/mol. The quantitative estimate of drug-likeness (QED) is 0.767. The van der Waals surface area contributed by atoms with Gasteiger partial charge in [-0.15, -0.1) is 0 Å². The van der Waals surface area contributed by atoms with E-state index in [1.54, 1.807) is 38.4 Å². The summed E-state index contributed by atoms with van der Waals surface area (Å²) >= 11 is 0. The molecule has 1 amide bonds. The second kappa shape index (κ2) is 3.88. The van der Waals surface area contributed by atoms with Crippen molar-refractivity contribution in [2.75, 3.05) is 5.32 Å². The number of rotatable bonds is 2. The molecule has 0 spiro atoms. The zero-order valence-electron chi connectivity index (χ0n) is 8.11. The third-order valence-corrected chi connectivity index (χ3v) is 1.79. The highest BCUT2D eigenvalue weighted by Gasteiger charge is 2.26. The van der Waals surface area contributed by atoms with Crippen LogP contribution in [0.25, 0.3) is 0 Å². The average Bonchev–Trinajstić information content (AvgIpc) is 2.19. The number of nitrogens with one attached hydrogen (secondary N) is 1. The molecule has 1 N–H and O–H groups in total. The van der Waals surface area contributed by atoms with Crippen molar-refractivity contribution in [2.24, 2.45) is 5.41 Å². The van der Waals surface area contributed by atoms with Gasteiger partial charge in [-0.05, 0) is 26.0 Å². The lowest BCUT2D eigenvalue weighted by molar-refractivity contribution is -0.121. The summed E-state index contributed by atoms with van der Waals surface area (Å²) in [5.41, 5.74) is -0.364. The molecule has 0 aliphatic rings. The second-order valence-electron chi connectivity index (χ2n) is 3.43. The van der Waals surface area contributed by atoms with Crippen molar-refractivity contribution in [3.05, 3.63) is 24.5 Å². The molecule has 72 valence electrons. The van der Waals surface area contributed by atoms with E-state index in [0.29, 0.717) is 5.69 Å². The lowest BCUT2D eigenvalue weighted by atomic mass is 9.95. The van der Waals surface area contributed by atoms with Crippen molar-refractivity contribution >= 4 is 11.6 Å². The number of nitrogens with zero attached hydrogens (tertiary/aromatic N) is 2. The molecule has 4 heteroatoms. The van der Waals surface area contributed by atoms with Crippen LogP contribution in [0.3, 0.4) is 0 Å². The fourth-order valence-corrected chi connectivity index (χ4v) is 0.773. The average molecular weight is 189 g/mol. The third-order valence-electron chi connectivity index (χ3n) is 1.79. The highest BCUT2D eigenvalue weighted by molar-refractivity contribution is 5.96. The Labute approximate surface area is 82.6 Å². The van der Waals surface area contributed by atoms with E-state index in [-0.39, 0.29) is 5.91 Å². The Balaban J connectivity index is 2.73. The molecule has 0 saturated heterocycles. The molecule has 0 bridgehead atoms. The van der Waals surface area contributed by atoms with Gasteiger partial charge in [0.05, 0.1) is 6.07 Å². The van der Waals surface area contributed by atoms with Gasteiger partial charge in [0.1, 0.15) is 5.41 Å². The summed E-state index contributed by atoms with van der Waals surface area (Å²) in [5.74, 6) is -0.314. The van der Waals surface area contributed by atoms with Gasteiger partial charge in [-0.25, -0.2) is 0 Å². The van der Waals surface area contributed by atoms with Gasteiger partial charge in [-0.2, -0.15) is 5.26 Å². The lowest BCUT2D eigenvalue weighted by Gasteiger charge is -2.14. The number of carbonyl (C=O) groups excluding carboxylic acids is 1. The van der Waals surface area contributed by atoms with E-state index in [4.69, 9.17) is 5.26 Å². The number of carbonyl (C=O) groups is 1. The van der Waals surface area contributed by atoms with E-state index in [1.165, 1.54) is 0 Å². The minimum absolute atomic E-state index is 0.314. The molecule has 0 atom stereocenters. The first kappa shape index (κ1) is 10.2. The minimum atomic E-state index is -1.01. The normalized spacial score (nSPS) is 10.4. The number of anilines is 1. The summed E-state index contributed by atoms with van der Waals surface area (Å²) in [4.78, 5) is 15.3. The van der Waals surface area contributed by atoms with Crippen LogP contribution in [-0.4, -0.2) is 10.9 Å². The molecular weight excluding hydrogens is 178 g/mol. The van der Waals surface area contributed by atoms with E-state index in [2.05, 4.69) is 10.3 Å². The largest absolute Gasteiger partial charge is 0.325 e. The van der Waals surface area contributed by atoms with E-state index in [9.17, 15) is 4.79 Å². The van der Waals surface area contributed by atoms with E-state index in [1.807, 2.05) is 6.07 Å². The highest BCUT2D eigenvalue weighted by Crippen LogP contribution is 2.16. The molecule has 0 aliphatic heterocycles. The van der Waals surface area contributed by atoms with Crippen molar-refractivity contribution in [1.82, 2.24) is 4.98 Å². The first-order valence-electron chi connectivity index (χ1n) is 4.19. The van der Waals surface area contributed by atoms with Crippen LogP contribution in [0.4, 0.5) is 5.69 Å². The summed E-state index contributed by atoms with van der Waals surface area (Å²) in [6, 6.07) is 5.28. The Kier molecular flexibility index (Phi) is 2.82. The Morgan fingerprint density at radius 3 is 2.57 bits per heavy atom. The van der Waals surface area contributed by atoms with Gasteiger partial charge in [0.2, 0.25) is 5.91 Å². The summed E-state index contributed by atoms with van der Waals surface area (Å²) in [6.45, 7) is 3.15. The molecule has 1 rings (SSSR count). The molecule has 0 fully saturated rings. The fraction of sp³-hybridized carbons (Fsp3) is 0.300. The van der Waals surface area contributed by atoms with Crippen LogP contribution in [-0.2, 0) is 4.79 Å². The Hall–Kier alpha value is -1.89. The number of hydrogen-bond acceptors (Lipinski definition) is 3. The predicted octanol–water partition coefficient (Wildman–Crippen LogP) is 1.57. The zero-order chi connectivity index (χ0) is 10.6. The number of nitriles is 1. The molecule has 0 aromatic carbocycles. The molecule has 1 aromatic heterocycles.